The minimum absolute atomic E-state index is 0.123. The van der Waals surface area contributed by atoms with E-state index in [4.69, 9.17) is 9.47 Å². The van der Waals surface area contributed by atoms with Crippen LogP contribution in [0.5, 0.6) is 11.5 Å². The van der Waals surface area contributed by atoms with Crippen LogP contribution in [-0.4, -0.2) is 60.8 Å². The number of carbonyl (C=O) groups excluding carboxylic acids is 1. The Hall–Kier alpha value is -3.04. The molecule has 0 radical (unpaired) electrons. The summed E-state index contributed by atoms with van der Waals surface area (Å²) >= 11 is 0. The number of rotatable bonds is 12. The van der Waals surface area contributed by atoms with Crippen LogP contribution < -0.4 is 14.8 Å². The number of hydrogen-bond donors (Lipinski definition) is 2. The first-order valence-electron chi connectivity index (χ1n) is 12.7. The Morgan fingerprint density at radius 1 is 1.11 bits per heavy atom. The fraction of sp³-hybridized carbons (Fsp3) is 0.519. The summed E-state index contributed by atoms with van der Waals surface area (Å²) in [5.41, 5.74) is 1.71. The third-order valence-electron chi connectivity index (χ3n) is 6.77. The smallest absolute Gasteiger partial charge is 0.220 e. The molecule has 0 aliphatic carbocycles. The van der Waals surface area contributed by atoms with E-state index in [9.17, 15) is 19.2 Å². The van der Waals surface area contributed by atoms with Crippen LogP contribution in [0.4, 0.5) is 4.39 Å². The Balaban J connectivity index is 1.32. The zero-order valence-corrected chi connectivity index (χ0v) is 20.4. The molecule has 9 heteroatoms. The molecular weight excluding hydrogens is 465 g/mol. The molecule has 2 aliphatic rings. The van der Waals surface area contributed by atoms with Gasteiger partial charge in [0.15, 0.2) is 11.5 Å². The first-order valence-corrected chi connectivity index (χ1v) is 12.7. The van der Waals surface area contributed by atoms with Crippen LogP contribution in [0.1, 0.15) is 49.3 Å². The van der Waals surface area contributed by atoms with Gasteiger partial charge in [0.1, 0.15) is 31.2 Å². The van der Waals surface area contributed by atoms with Crippen LogP contribution in [0.3, 0.4) is 0 Å². The fourth-order valence-electron chi connectivity index (χ4n) is 4.76. The minimum Gasteiger partial charge on any atom is -0.486 e. The van der Waals surface area contributed by atoms with Gasteiger partial charge >= 0.3 is 0 Å². The Kier molecular flexibility index (Phi) is 9.24. The Bertz CT molecular complexity index is 1020. The number of amides is 1. The molecule has 0 bridgehead atoms. The molecule has 1 fully saturated rings. The third-order valence-corrected chi connectivity index (χ3v) is 6.77. The molecule has 1 saturated heterocycles. The number of nitrogens with one attached hydrogen (secondary N) is 1. The van der Waals surface area contributed by atoms with Gasteiger partial charge in [0, 0.05) is 26.1 Å². The number of carbonyl (C=O) groups is 1. The van der Waals surface area contributed by atoms with E-state index in [2.05, 4.69) is 15.4 Å². The molecule has 2 aromatic carbocycles. The van der Waals surface area contributed by atoms with Crippen LogP contribution in [0.15, 0.2) is 47.6 Å². The number of aryl methyl sites for hydroxylation is 1. The number of nitrogens with zero attached hydrogens (tertiary/aromatic N) is 2. The van der Waals surface area contributed by atoms with Gasteiger partial charge in [0.25, 0.3) is 0 Å². The quantitative estimate of drug-likeness (QED) is 0.341. The second kappa shape index (κ2) is 12.8. The topological polar surface area (TPSA) is 100 Å². The van der Waals surface area contributed by atoms with Crippen molar-refractivity contribution < 1.29 is 23.8 Å². The van der Waals surface area contributed by atoms with Gasteiger partial charge in [-0.3, -0.25) is 9.69 Å². The van der Waals surface area contributed by atoms with Gasteiger partial charge in [0.2, 0.25) is 5.91 Å². The number of likely N-dealkylation sites (tertiary alicyclic amines) is 1. The Labute approximate surface area is 210 Å². The average Bonchev–Trinajstić information content (AvgIpc) is 3.36. The maximum atomic E-state index is 13.0. The van der Waals surface area contributed by atoms with Crippen molar-refractivity contribution in [1.82, 2.24) is 10.2 Å². The van der Waals surface area contributed by atoms with Crippen LogP contribution in [0.25, 0.3) is 0 Å². The molecule has 3 atom stereocenters. The molecule has 2 heterocycles. The van der Waals surface area contributed by atoms with E-state index in [1.807, 2.05) is 0 Å². The van der Waals surface area contributed by atoms with E-state index in [-0.39, 0.29) is 17.8 Å². The van der Waals surface area contributed by atoms with Crippen LogP contribution in [0.2, 0.25) is 0 Å². The number of halogens is 1. The van der Waals surface area contributed by atoms with E-state index >= 15 is 0 Å². The average molecular weight is 500 g/mol. The number of ether oxygens (including phenoxy) is 2. The van der Waals surface area contributed by atoms with Gasteiger partial charge in [0.05, 0.1) is 6.04 Å². The summed E-state index contributed by atoms with van der Waals surface area (Å²) in [5, 5.41) is 17.4. The van der Waals surface area contributed by atoms with Crippen LogP contribution in [0, 0.1) is 10.7 Å². The highest BCUT2D eigenvalue weighted by atomic mass is 19.1. The summed E-state index contributed by atoms with van der Waals surface area (Å²) < 4.78 is 24.3. The van der Waals surface area contributed by atoms with Gasteiger partial charge in [-0.05, 0) is 61.1 Å². The first kappa shape index (κ1) is 26.0. The van der Waals surface area contributed by atoms with E-state index in [0.717, 1.165) is 31.2 Å². The number of benzene rings is 2. The molecule has 36 heavy (non-hydrogen) atoms. The normalized spacial score (nSPS) is 19.0. The van der Waals surface area contributed by atoms with E-state index in [1.54, 1.807) is 30.3 Å². The fourth-order valence-corrected chi connectivity index (χ4v) is 4.76. The molecule has 0 spiro atoms. The molecule has 0 unspecified atom stereocenters. The number of aliphatic hydroxyl groups excluding tert-OH is 1. The molecular formula is C27H34FN3O5. The monoisotopic (exact) mass is 499 g/mol. The molecule has 8 nitrogen and oxygen atoms in total. The van der Waals surface area contributed by atoms with Crippen LogP contribution in [-0.2, 0) is 11.2 Å². The molecule has 194 valence electrons. The minimum atomic E-state index is -0.952. The van der Waals surface area contributed by atoms with E-state index in [1.165, 1.54) is 12.1 Å². The Morgan fingerprint density at radius 2 is 1.89 bits per heavy atom. The largest absolute Gasteiger partial charge is 0.486 e. The van der Waals surface area contributed by atoms with Crippen molar-refractivity contribution in [1.29, 1.82) is 0 Å². The number of aliphatic hydroxyl groups is 1. The van der Waals surface area contributed by atoms with Crippen molar-refractivity contribution in [3.8, 4) is 11.5 Å². The zero-order chi connectivity index (χ0) is 25.3. The highest BCUT2D eigenvalue weighted by Gasteiger charge is 2.30. The van der Waals surface area contributed by atoms with Crippen molar-refractivity contribution in [2.24, 2.45) is 5.18 Å². The number of fused-ring (bicyclic) bond motifs is 1. The van der Waals surface area contributed by atoms with Crippen molar-refractivity contribution in [2.45, 2.75) is 56.7 Å². The highest BCUT2D eigenvalue weighted by Crippen LogP contribution is 2.33. The lowest BCUT2D eigenvalue weighted by Crippen LogP contribution is -2.47. The predicted molar refractivity (Wildman–Crippen MR) is 134 cm³/mol. The highest BCUT2D eigenvalue weighted by molar-refractivity contribution is 5.76. The molecule has 2 aliphatic heterocycles. The lowest BCUT2D eigenvalue weighted by molar-refractivity contribution is -0.123. The standard InChI is InChI=1S/C27H34FN3O5/c28-21-9-6-19(7-10-21)4-2-1-3-5-26(32)29-23(18-31-13-12-22(17-31)30-34)27(33)20-8-11-24-25(16-20)36-15-14-35-24/h6-11,16,22-23,27,33H,1-5,12-15,17-18H2,(H,29,32)/t22-,23+,27+/m0/s1. The van der Waals surface area contributed by atoms with Crippen molar-refractivity contribution in [2.75, 3.05) is 32.8 Å². The maximum absolute atomic E-state index is 13.0. The SMILES string of the molecule is O=N[C@H]1CCN(C[C@@H](NC(=O)CCCCCc2ccc(F)cc2)[C@H](O)c2ccc3c(c2)OCCO3)C1. The first-order chi connectivity index (χ1) is 17.5. The Morgan fingerprint density at radius 3 is 2.64 bits per heavy atom. The molecule has 0 saturated carbocycles. The van der Waals surface area contributed by atoms with Crippen molar-refractivity contribution in [3.05, 3.63) is 64.3 Å². The summed E-state index contributed by atoms with van der Waals surface area (Å²) in [6.45, 7) is 2.56. The van der Waals surface area contributed by atoms with Gasteiger partial charge in [-0.15, -0.1) is 0 Å². The molecule has 1 amide bonds. The predicted octanol–water partition coefficient (Wildman–Crippen LogP) is 3.76. The molecule has 2 aromatic rings. The van der Waals surface area contributed by atoms with Gasteiger partial charge in [-0.1, -0.05) is 29.8 Å². The number of nitroso groups, excluding NO2 is 1. The summed E-state index contributed by atoms with van der Waals surface area (Å²) in [6, 6.07) is 11.0. The molecule has 2 N–H and O–H groups in total. The summed E-state index contributed by atoms with van der Waals surface area (Å²) in [7, 11) is 0. The van der Waals surface area contributed by atoms with Crippen molar-refractivity contribution >= 4 is 5.91 Å². The molecule has 0 aromatic heterocycles. The van der Waals surface area contributed by atoms with Crippen molar-refractivity contribution in [3.63, 3.8) is 0 Å². The van der Waals surface area contributed by atoms with E-state index in [0.29, 0.717) is 62.8 Å². The summed E-state index contributed by atoms with van der Waals surface area (Å²) in [5.74, 6) is 0.853. The lowest BCUT2D eigenvalue weighted by Gasteiger charge is -2.29. The summed E-state index contributed by atoms with van der Waals surface area (Å²) in [4.78, 5) is 25.8. The van der Waals surface area contributed by atoms with Gasteiger partial charge in [-0.25, -0.2) is 4.39 Å². The zero-order valence-electron chi connectivity index (χ0n) is 20.4. The van der Waals surface area contributed by atoms with Crippen LogP contribution >= 0.6 is 0 Å². The lowest BCUT2D eigenvalue weighted by atomic mass is 10.0. The molecule has 4 rings (SSSR count). The third kappa shape index (κ3) is 7.24. The van der Waals surface area contributed by atoms with E-state index < -0.39 is 12.1 Å². The number of hydrogen-bond acceptors (Lipinski definition) is 7. The second-order valence-electron chi connectivity index (χ2n) is 9.52. The van der Waals surface area contributed by atoms with Gasteiger partial charge < -0.3 is 19.9 Å². The number of unbranched alkanes of at least 4 members (excludes halogenated alkanes) is 2. The van der Waals surface area contributed by atoms with Gasteiger partial charge in [-0.2, -0.15) is 4.91 Å². The second-order valence-corrected chi connectivity index (χ2v) is 9.52. The summed E-state index contributed by atoms with van der Waals surface area (Å²) in [6.07, 6.45) is 3.43. The maximum Gasteiger partial charge on any atom is 0.220 e.